The van der Waals surface area contributed by atoms with E-state index in [0.717, 1.165) is 12.7 Å². The predicted octanol–water partition coefficient (Wildman–Crippen LogP) is 2.75. The highest BCUT2D eigenvalue weighted by molar-refractivity contribution is 7.90. The number of nitrogens with one attached hydrogen (secondary N) is 1. The molecule has 3 heterocycles. The highest BCUT2D eigenvalue weighted by Crippen LogP contribution is 2.32. The number of aromatic amines is 1. The van der Waals surface area contributed by atoms with Gasteiger partial charge in [-0.15, -0.1) is 0 Å². The fraction of sp³-hybridized carbons (Fsp3) is 0.391. The van der Waals surface area contributed by atoms with Gasteiger partial charge in [0.25, 0.3) is 5.91 Å². The highest BCUT2D eigenvalue weighted by atomic mass is 35.5. The van der Waals surface area contributed by atoms with Crippen LogP contribution in [-0.4, -0.2) is 78.1 Å². The molecule has 2 aliphatic heterocycles. The van der Waals surface area contributed by atoms with Crippen LogP contribution in [0, 0.1) is 11.8 Å². The first kappa shape index (κ1) is 23.6. The number of halogens is 1. The topological polar surface area (TPSA) is 126 Å². The van der Waals surface area contributed by atoms with E-state index < -0.39 is 15.9 Å². The summed E-state index contributed by atoms with van der Waals surface area (Å²) in [6.45, 7) is 2.18. The largest absolute Gasteiger partial charge is 0.445 e. The zero-order valence-electron chi connectivity index (χ0n) is 19.0. The maximum atomic E-state index is 13.1. The lowest BCUT2D eigenvalue weighted by Gasteiger charge is -2.33. The zero-order valence-corrected chi connectivity index (χ0v) is 20.6. The number of aromatic nitrogens is 3. The molecule has 1 N–H and O–H groups in total. The molecule has 0 saturated carbocycles. The van der Waals surface area contributed by atoms with Crippen LogP contribution in [0.5, 0.6) is 0 Å². The summed E-state index contributed by atoms with van der Waals surface area (Å²) in [7, 11) is -3.43. The molecule has 0 bridgehead atoms. The van der Waals surface area contributed by atoms with Gasteiger partial charge in [0, 0.05) is 43.0 Å². The van der Waals surface area contributed by atoms with E-state index in [9.17, 15) is 18.0 Å². The van der Waals surface area contributed by atoms with Crippen molar-refractivity contribution in [3.8, 4) is 0 Å². The molecule has 2 aromatic carbocycles. The van der Waals surface area contributed by atoms with E-state index in [-0.39, 0.29) is 28.4 Å². The van der Waals surface area contributed by atoms with Crippen molar-refractivity contribution in [1.82, 2.24) is 25.2 Å². The van der Waals surface area contributed by atoms with Crippen LogP contribution in [-0.2, 0) is 21.2 Å². The second-order valence-corrected chi connectivity index (χ2v) is 11.6. The van der Waals surface area contributed by atoms with Gasteiger partial charge in [0.2, 0.25) is 0 Å². The molecule has 0 radical (unpaired) electrons. The normalized spacial score (nSPS) is 20.2. The van der Waals surface area contributed by atoms with E-state index in [1.807, 2.05) is 4.90 Å². The minimum absolute atomic E-state index is 0.0546. The summed E-state index contributed by atoms with van der Waals surface area (Å²) in [6, 6.07) is 9.65. The number of H-pyrrole nitrogens is 1. The van der Waals surface area contributed by atoms with Crippen LogP contribution < -0.4 is 0 Å². The Kier molecular flexibility index (Phi) is 6.14. The summed E-state index contributed by atoms with van der Waals surface area (Å²) in [5, 5.41) is 10.9. The van der Waals surface area contributed by atoms with Gasteiger partial charge in [0.05, 0.1) is 4.90 Å². The monoisotopic (exact) mass is 517 g/mol. The van der Waals surface area contributed by atoms with Crippen molar-refractivity contribution in [2.24, 2.45) is 11.8 Å². The van der Waals surface area contributed by atoms with Crippen molar-refractivity contribution in [1.29, 1.82) is 0 Å². The van der Waals surface area contributed by atoms with Gasteiger partial charge in [-0.25, -0.2) is 13.2 Å². The SMILES string of the molecule is CS(=O)(=O)c1cc(Cl)cc(COC(=O)N2CCC3CN(C(=O)c4ccc5n[nH]nc5c4)CC3C2)c1. The van der Waals surface area contributed by atoms with Gasteiger partial charge in [-0.2, -0.15) is 15.4 Å². The molecule has 2 aliphatic rings. The van der Waals surface area contributed by atoms with Crippen LogP contribution in [0.1, 0.15) is 22.3 Å². The molecule has 5 rings (SSSR count). The molecule has 3 aromatic rings. The fourth-order valence-corrected chi connectivity index (χ4v) is 5.84. The first-order valence-electron chi connectivity index (χ1n) is 11.2. The molecule has 35 heavy (non-hydrogen) atoms. The smallest absolute Gasteiger partial charge is 0.410 e. The van der Waals surface area contributed by atoms with Gasteiger partial charge in [-0.1, -0.05) is 11.6 Å². The third kappa shape index (κ3) is 4.96. The minimum Gasteiger partial charge on any atom is -0.445 e. The van der Waals surface area contributed by atoms with Gasteiger partial charge < -0.3 is 14.5 Å². The number of carbonyl (C=O) groups is 2. The average molecular weight is 518 g/mol. The van der Waals surface area contributed by atoms with E-state index in [1.165, 1.54) is 12.1 Å². The maximum Gasteiger partial charge on any atom is 0.410 e. The lowest BCUT2D eigenvalue weighted by molar-refractivity contribution is 0.0728. The Balaban J connectivity index is 1.19. The van der Waals surface area contributed by atoms with E-state index in [0.29, 0.717) is 54.3 Å². The Hall–Kier alpha value is -3.18. The number of carbonyl (C=O) groups excluding carboxylic acids is 2. The molecule has 184 valence electrons. The van der Waals surface area contributed by atoms with E-state index in [2.05, 4.69) is 15.4 Å². The Labute approximate surface area is 207 Å². The molecule has 0 spiro atoms. The molecular formula is C23H24ClN5O5S. The Morgan fingerprint density at radius 3 is 2.60 bits per heavy atom. The summed E-state index contributed by atoms with van der Waals surface area (Å²) >= 11 is 6.03. The van der Waals surface area contributed by atoms with Crippen LogP contribution in [0.4, 0.5) is 4.79 Å². The molecule has 2 amide bonds. The van der Waals surface area contributed by atoms with Crippen molar-refractivity contribution in [2.75, 3.05) is 32.4 Å². The zero-order chi connectivity index (χ0) is 24.7. The quantitative estimate of drug-likeness (QED) is 0.564. The fourth-order valence-electron chi connectivity index (χ4n) is 4.81. The molecule has 2 saturated heterocycles. The van der Waals surface area contributed by atoms with Crippen LogP contribution in [0.2, 0.25) is 5.02 Å². The van der Waals surface area contributed by atoms with Gasteiger partial charge in [-0.3, -0.25) is 4.79 Å². The second-order valence-electron chi connectivity index (χ2n) is 9.11. The lowest BCUT2D eigenvalue weighted by atomic mass is 9.89. The molecule has 2 unspecified atom stereocenters. The van der Waals surface area contributed by atoms with Gasteiger partial charge >= 0.3 is 6.09 Å². The van der Waals surface area contributed by atoms with Crippen molar-refractivity contribution in [3.05, 3.63) is 52.5 Å². The molecule has 2 fully saturated rings. The number of piperidine rings is 1. The molecule has 0 aliphatic carbocycles. The van der Waals surface area contributed by atoms with Crippen LogP contribution >= 0.6 is 11.6 Å². The third-order valence-corrected chi connectivity index (χ3v) is 7.94. The highest BCUT2D eigenvalue weighted by Gasteiger charge is 2.40. The van der Waals surface area contributed by atoms with E-state index in [1.54, 1.807) is 29.2 Å². The van der Waals surface area contributed by atoms with Gasteiger partial charge in [0.15, 0.2) is 9.84 Å². The van der Waals surface area contributed by atoms with E-state index in [4.69, 9.17) is 16.3 Å². The number of rotatable bonds is 4. The Morgan fingerprint density at radius 2 is 1.80 bits per heavy atom. The lowest BCUT2D eigenvalue weighted by Crippen LogP contribution is -2.43. The summed E-state index contributed by atoms with van der Waals surface area (Å²) in [4.78, 5) is 29.4. The molecule has 1 aromatic heterocycles. The number of sulfone groups is 1. The van der Waals surface area contributed by atoms with Crippen molar-refractivity contribution in [2.45, 2.75) is 17.9 Å². The maximum absolute atomic E-state index is 13.1. The predicted molar refractivity (Wildman–Crippen MR) is 128 cm³/mol. The average Bonchev–Trinajstić information content (AvgIpc) is 3.47. The number of hydrogen-bond acceptors (Lipinski definition) is 7. The summed E-state index contributed by atoms with van der Waals surface area (Å²) in [5.74, 6) is 0.434. The summed E-state index contributed by atoms with van der Waals surface area (Å²) in [5.41, 5.74) is 2.42. The number of amides is 2. The van der Waals surface area contributed by atoms with Crippen LogP contribution in [0.15, 0.2) is 41.3 Å². The number of fused-ring (bicyclic) bond motifs is 2. The Morgan fingerprint density at radius 1 is 1.06 bits per heavy atom. The van der Waals surface area contributed by atoms with Crippen molar-refractivity contribution >= 4 is 44.5 Å². The summed E-state index contributed by atoms with van der Waals surface area (Å²) in [6.07, 6.45) is 1.41. The minimum atomic E-state index is -3.43. The number of nitrogens with zero attached hydrogens (tertiary/aromatic N) is 4. The van der Waals surface area contributed by atoms with Crippen molar-refractivity contribution < 1.29 is 22.7 Å². The molecular weight excluding hydrogens is 494 g/mol. The summed E-state index contributed by atoms with van der Waals surface area (Å²) < 4.78 is 29.1. The Bertz CT molecular complexity index is 1410. The second kappa shape index (κ2) is 9.12. The molecule has 2 atom stereocenters. The number of ether oxygens (including phenoxy) is 1. The van der Waals surface area contributed by atoms with E-state index >= 15 is 0 Å². The van der Waals surface area contributed by atoms with Crippen LogP contribution in [0.3, 0.4) is 0 Å². The van der Waals surface area contributed by atoms with Gasteiger partial charge in [-0.05, 0) is 60.2 Å². The number of benzene rings is 2. The first-order valence-corrected chi connectivity index (χ1v) is 13.5. The standard InChI is InChI=1S/C23H24ClN5O5S/c1-35(32,33)19-7-14(6-18(24)9-19)13-34-23(31)28-5-4-16-10-29(12-17(16)11-28)22(30)15-2-3-20-21(8-15)26-27-25-20/h2-3,6-9,16-17H,4-5,10-13H2,1H3,(H,25,26,27). The van der Waals surface area contributed by atoms with Crippen molar-refractivity contribution in [3.63, 3.8) is 0 Å². The van der Waals surface area contributed by atoms with Gasteiger partial charge in [0.1, 0.15) is 17.6 Å². The van der Waals surface area contributed by atoms with Crippen LogP contribution in [0.25, 0.3) is 11.0 Å². The molecule has 12 heteroatoms. The molecule has 10 nitrogen and oxygen atoms in total. The number of hydrogen-bond donors (Lipinski definition) is 1. The number of likely N-dealkylation sites (tertiary alicyclic amines) is 2. The third-order valence-electron chi connectivity index (χ3n) is 6.63. The first-order chi connectivity index (χ1) is 16.7.